The summed E-state index contributed by atoms with van der Waals surface area (Å²) < 4.78 is 15.7. The van der Waals surface area contributed by atoms with Gasteiger partial charge in [-0.3, -0.25) is 0 Å². The molecule has 1 saturated carbocycles. The highest BCUT2D eigenvalue weighted by Crippen LogP contribution is 2.32. The van der Waals surface area contributed by atoms with Crippen molar-refractivity contribution in [3.05, 3.63) is 29.8 Å². The first-order valence-electron chi connectivity index (χ1n) is 7.84. The Bertz CT molecular complexity index is 627. The van der Waals surface area contributed by atoms with Crippen molar-refractivity contribution in [3.63, 3.8) is 0 Å². The Morgan fingerprint density at radius 1 is 1.33 bits per heavy atom. The minimum Gasteiger partial charge on any atom is -0.326 e. The van der Waals surface area contributed by atoms with Crippen LogP contribution >= 0.6 is 11.6 Å². The van der Waals surface area contributed by atoms with Gasteiger partial charge in [-0.2, -0.15) is 0 Å². The van der Waals surface area contributed by atoms with Crippen LogP contribution in [-0.4, -0.2) is 9.55 Å². The fourth-order valence-corrected chi connectivity index (χ4v) is 3.55. The van der Waals surface area contributed by atoms with Gasteiger partial charge in [0.1, 0.15) is 11.6 Å². The molecule has 1 heterocycles. The molecule has 2 nitrogen and oxygen atoms in total. The Balaban J connectivity index is 1.95. The minimum absolute atomic E-state index is 0.164. The van der Waals surface area contributed by atoms with Crippen LogP contribution in [0.5, 0.6) is 0 Å². The van der Waals surface area contributed by atoms with Crippen LogP contribution in [0.4, 0.5) is 4.39 Å². The van der Waals surface area contributed by atoms with Gasteiger partial charge in [0.2, 0.25) is 0 Å². The van der Waals surface area contributed by atoms with Gasteiger partial charge in [-0.25, -0.2) is 9.37 Å². The summed E-state index contributed by atoms with van der Waals surface area (Å²) in [4.78, 5) is 4.60. The predicted molar refractivity (Wildman–Crippen MR) is 85.1 cm³/mol. The first-order valence-corrected chi connectivity index (χ1v) is 8.28. The van der Waals surface area contributed by atoms with Crippen molar-refractivity contribution in [1.29, 1.82) is 0 Å². The Labute approximate surface area is 130 Å². The number of fused-ring (bicyclic) bond motifs is 1. The molecule has 21 heavy (non-hydrogen) atoms. The van der Waals surface area contributed by atoms with E-state index in [1.165, 1.54) is 31.7 Å². The molecule has 1 aliphatic carbocycles. The Morgan fingerprint density at radius 3 is 2.71 bits per heavy atom. The maximum Gasteiger partial charge on any atom is 0.127 e. The summed E-state index contributed by atoms with van der Waals surface area (Å²) in [5, 5.41) is -0.164. The van der Waals surface area contributed by atoms with Crippen molar-refractivity contribution in [1.82, 2.24) is 9.55 Å². The minimum atomic E-state index is -0.213. The van der Waals surface area contributed by atoms with Gasteiger partial charge in [-0.05, 0) is 49.8 Å². The molecule has 1 aromatic heterocycles. The SMILES string of the molecule is CC1CCC(Cn2c(C(C)Cl)nc3ccc(F)cc32)CC1. The summed E-state index contributed by atoms with van der Waals surface area (Å²) in [6.45, 7) is 5.15. The average Bonchev–Trinajstić information content (AvgIpc) is 2.80. The standard InChI is InChI=1S/C17H22ClFN2/c1-11-3-5-13(6-4-11)10-21-16-9-14(19)7-8-15(16)20-17(21)12(2)18/h7-9,11-13H,3-6,10H2,1-2H3. The molecule has 4 heteroatoms. The van der Waals surface area contributed by atoms with E-state index in [0.29, 0.717) is 5.92 Å². The second-order valence-electron chi connectivity index (χ2n) is 6.46. The fraction of sp³-hybridized carbons (Fsp3) is 0.588. The third-order valence-electron chi connectivity index (χ3n) is 4.67. The summed E-state index contributed by atoms with van der Waals surface area (Å²) in [5.41, 5.74) is 1.71. The molecule has 2 aromatic rings. The van der Waals surface area contributed by atoms with Crippen LogP contribution in [0.1, 0.15) is 50.7 Å². The van der Waals surface area contributed by atoms with Crippen LogP contribution in [-0.2, 0) is 6.54 Å². The third-order valence-corrected chi connectivity index (χ3v) is 4.87. The fourth-order valence-electron chi connectivity index (χ4n) is 3.38. The molecule has 1 aromatic carbocycles. The van der Waals surface area contributed by atoms with Crippen molar-refractivity contribution in [2.24, 2.45) is 11.8 Å². The van der Waals surface area contributed by atoms with Gasteiger partial charge < -0.3 is 4.57 Å². The van der Waals surface area contributed by atoms with E-state index >= 15 is 0 Å². The summed E-state index contributed by atoms with van der Waals surface area (Å²) in [6.07, 6.45) is 5.06. The van der Waals surface area contributed by atoms with Crippen LogP contribution in [0.2, 0.25) is 0 Å². The van der Waals surface area contributed by atoms with Gasteiger partial charge in [0.25, 0.3) is 0 Å². The zero-order valence-corrected chi connectivity index (χ0v) is 13.4. The molecule has 0 N–H and O–H groups in total. The van der Waals surface area contributed by atoms with Gasteiger partial charge in [0, 0.05) is 6.54 Å². The monoisotopic (exact) mass is 308 g/mol. The van der Waals surface area contributed by atoms with Crippen molar-refractivity contribution in [2.75, 3.05) is 0 Å². The number of aromatic nitrogens is 2. The van der Waals surface area contributed by atoms with E-state index in [9.17, 15) is 4.39 Å². The number of halogens is 2. The third kappa shape index (κ3) is 3.08. The smallest absolute Gasteiger partial charge is 0.127 e. The van der Waals surface area contributed by atoms with Crippen LogP contribution in [0.15, 0.2) is 18.2 Å². The molecule has 1 atom stereocenters. The van der Waals surface area contributed by atoms with Crippen molar-refractivity contribution in [3.8, 4) is 0 Å². The molecule has 0 bridgehead atoms. The van der Waals surface area contributed by atoms with E-state index in [-0.39, 0.29) is 11.2 Å². The normalized spacial score (nSPS) is 24.4. The van der Waals surface area contributed by atoms with Gasteiger partial charge >= 0.3 is 0 Å². The molecule has 0 amide bonds. The molecule has 1 fully saturated rings. The van der Waals surface area contributed by atoms with Crippen LogP contribution in [0.3, 0.4) is 0 Å². The number of imidazole rings is 1. The number of nitrogens with zero attached hydrogens (tertiary/aromatic N) is 2. The molecule has 0 saturated heterocycles. The lowest BCUT2D eigenvalue weighted by Crippen LogP contribution is -2.19. The van der Waals surface area contributed by atoms with Gasteiger partial charge in [0.15, 0.2) is 0 Å². The number of hydrogen-bond acceptors (Lipinski definition) is 1. The quantitative estimate of drug-likeness (QED) is 0.703. The second-order valence-corrected chi connectivity index (χ2v) is 7.11. The highest BCUT2D eigenvalue weighted by molar-refractivity contribution is 6.20. The molecule has 114 valence electrons. The Morgan fingerprint density at radius 2 is 2.05 bits per heavy atom. The zero-order chi connectivity index (χ0) is 15.0. The lowest BCUT2D eigenvalue weighted by Gasteiger charge is -2.27. The Kier molecular flexibility index (Phi) is 4.21. The highest BCUT2D eigenvalue weighted by Gasteiger charge is 2.22. The maximum absolute atomic E-state index is 13.6. The summed E-state index contributed by atoms with van der Waals surface area (Å²) in [7, 11) is 0. The molecular weight excluding hydrogens is 287 g/mol. The summed E-state index contributed by atoms with van der Waals surface area (Å²) >= 11 is 6.28. The van der Waals surface area contributed by atoms with E-state index in [0.717, 1.165) is 29.3 Å². The first kappa shape index (κ1) is 14.8. The van der Waals surface area contributed by atoms with Crippen molar-refractivity contribution >= 4 is 22.6 Å². The molecule has 0 aliphatic heterocycles. The predicted octanol–water partition coefficient (Wildman–Crippen LogP) is 5.30. The van der Waals surface area contributed by atoms with E-state index in [4.69, 9.17) is 11.6 Å². The molecular formula is C17H22ClFN2. The molecule has 1 unspecified atom stereocenters. The largest absolute Gasteiger partial charge is 0.326 e. The lowest BCUT2D eigenvalue weighted by molar-refractivity contribution is 0.265. The van der Waals surface area contributed by atoms with Crippen molar-refractivity contribution in [2.45, 2.75) is 51.5 Å². The van der Waals surface area contributed by atoms with E-state index in [1.807, 2.05) is 6.92 Å². The number of hydrogen-bond donors (Lipinski definition) is 0. The molecule has 1 aliphatic rings. The summed E-state index contributed by atoms with van der Waals surface area (Å²) in [6, 6.07) is 4.79. The maximum atomic E-state index is 13.6. The topological polar surface area (TPSA) is 17.8 Å². The Hall–Kier alpha value is -1.09. The van der Waals surface area contributed by atoms with Gasteiger partial charge in [-0.15, -0.1) is 11.6 Å². The number of benzene rings is 1. The van der Waals surface area contributed by atoms with Crippen LogP contribution < -0.4 is 0 Å². The van der Waals surface area contributed by atoms with Crippen LogP contribution in [0, 0.1) is 17.7 Å². The molecule has 0 spiro atoms. The van der Waals surface area contributed by atoms with E-state index in [1.54, 1.807) is 12.1 Å². The van der Waals surface area contributed by atoms with E-state index in [2.05, 4.69) is 16.5 Å². The zero-order valence-electron chi connectivity index (χ0n) is 12.6. The number of rotatable bonds is 3. The van der Waals surface area contributed by atoms with Gasteiger partial charge in [-0.1, -0.05) is 19.8 Å². The highest BCUT2D eigenvalue weighted by atomic mass is 35.5. The van der Waals surface area contributed by atoms with Crippen molar-refractivity contribution < 1.29 is 4.39 Å². The summed E-state index contributed by atoms with van der Waals surface area (Å²) in [5.74, 6) is 2.13. The lowest BCUT2D eigenvalue weighted by atomic mass is 9.83. The molecule has 0 radical (unpaired) electrons. The van der Waals surface area contributed by atoms with Crippen LogP contribution in [0.25, 0.3) is 11.0 Å². The second kappa shape index (κ2) is 5.96. The van der Waals surface area contributed by atoms with E-state index < -0.39 is 0 Å². The van der Waals surface area contributed by atoms with Gasteiger partial charge in [0.05, 0.1) is 16.4 Å². The number of alkyl halides is 1. The average molecular weight is 309 g/mol. The molecule has 3 rings (SSSR count). The first-order chi connectivity index (χ1) is 10.0.